The van der Waals surface area contributed by atoms with Crippen molar-refractivity contribution < 1.29 is 9.59 Å². The van der Waals surface area contributed by atoms with Gasteiger partial charge in [0.2, 0.25) is 5.91 Å². The van der Waals surface area contributed by atoms with Crippen LogP contribution in [0.1, 0.15) is 30.9 Å². The number of piperidine rings is 2. The Kier molecular flexibility index (Phi) is 3.67. The molecule has 5 heteroatoms. The first kappa shape index (κ1) is 18.3. The maximum absolute atomic E-state index is 13.8. The van der Waals surface area contributed by atoms with Crippen molar-refractivity contribution >= 4 is 17.4 Å². The molecule has 1 atom stereocenters. The second-order valence-corrected chi connectivity index (χ2v) is 10.1. The average Bonchev–Trinajstić information content (AvgIpc) is 2.98. The number of anilines is 1. The van der Waals surface area contributed by atoms with E-state index >= 15 is 0 Å². The van der Waals surface area contributed by atoms with E-state index in [4.69, 9.17) is 0 Å². The second kappa shape index (κ2) is 6.02. The van der Waals surface area contributed by atoms with Crippen LogP contribution in [0.5, 0.6) is 0 Å². The van der Waals surface area contributed by atoms with Crippen LogP contribution in [0.4, 0.5) is 5.69 Å². The number of benzene rings is 2. The summed E-state index contributed by atoms with van der Waals surface area (Å²) in [6, 6.07) is 18.4. The van der Waals surface area contributed by atoms with Gasteiger partial charge < -0.3 is 4.90 Å². The minimum atomic E-state index is -0.313. The van der Waals surface area contributed by atoms with Crippen molar-refractivity contribution in [3.8, 4) is 0 Å². The average molecular weight is 402 g/mol. The molecule has 5 aliphatic heterocycles. The van der Waals surface area contributed by atoms with E-state index in [-0.39, 0.29) is 28.8 Å². The normalized spacial score (nSPS) is 38.9. The second-order valence-electron chi connectivity index (χ2n) is 10.1. The van der Waals surface area contributed by atoms with E-state index in [1.165, 1.54) is 0 Å². The number of ketones is 1. The van der Waals surface area contributed by atoms with Crippen LogP contribution in [0.15, 0.2) is 54.6 Å². The molecule has 7 rings (SSSR count). The van der Waals surface area contributed by atoms with Crippen molar-refractivity contribution in [2.45, 2.75) is 32.5 Å². The summed E-state index contributed by atoms with van der Waals surface area (Å²) in [5, 5.41) is 0. The Labute approximate surface area is 177 Å². The Balaban J connectivity index is 1.38. The zero-order chi connectivity index (χ0) is 20.7. The highest BCUT2D eigenvalue weighted by molar-refractivity contribution is 6.05. The Morgan fingerprint density at radius 3 is 2.03 bits per heavy atom. The van der Waals surface area contributed by atoms with Gasteiger partial charge in [-0.05, 0) is 17.2 Å². The lowest BCUT2D eigenvalue weighted by Gasteiger charge is -2.65. The highest BCUT2D eigenvalue weighted by Gasteiger charge is 2.64. The third kappa shape index (κ3) is 2.36. The smallest absolute Gasteiger partial charge is 0.237 e. The molecule has 5 nitrogen and oxygen atoms in total. The van der Waals surface area contributed by atoms with Gasteiger partial charge in [-0.1, -0.05) is 62.4 Å². The van der Waals surface area contributed by atoms with E-state index in [1.54, 1.807) is 0 Å². The van der Waals surface area contributed by atoms with Crippen molar-refractivity contribution in [3.63, 3.8) is 0 Å². The van der Waals surface area contributed by atoms with Crippen LogP contribution in [0.3, 0.4) is 0 Å². The molecule has 0 saturated carbocycles. The third-order valence-electron chi connectivity index (χ3n) is 7.63. The SMILES string of the molecule is CC12CN3CC(C)(CN(C1)C3C1C(=O)N(Cc3ccccc3)c3ccccc31)C2=O. The first-order valence-corrected chi connectivity index (χ1v) is 10.9. The van der Waals surface area contributed by atoms with E-state index in [9.17, 15) is 9.59 Å². The number of hydrogen-bond donors (Lipinski definition) is 0. The van der Waals surface area contributed by atoms with Crippen LogP contribution in [0.2, 0.25) is 0 Å². The number of carbonyl (C=O) groups is 2. The van der Waals surface area contributed by atoms with Crippen molar-refractivity contribution in [1.29, 1.82) is 0 Å². The number of rotatable bonds is 3. The Morgan fingerprint density at radius 2 is 1.40 bits per heavy atom. The molecule has 0 aliphatic carbocycles. The fraction of sp³-hybridized carbons (Fsp3) is 0.440. The van der Waals surface area contributed by atoms with Crippen molar-refractivity contribution in [1.82, 2.24) is 9.80 Å². The molecule has 2 aromatic carbocycles. The zero-order valence-corrected chi connectivity index (χ0v) is 17.5. The maximum atomic E-state index is 13.8. The monoisotopic (exact) mass is 401 g/mol. The number of amides is 1. The van der Waals surface area contributed by atoms with Gasteiger partial charge in [-0.3, -0.25) is 19.4 Å². The lowest BCUT2D eigenvalue weighted by Crippen LogP contribution is -2.79. The number of fused-ring (bicyclic) bond motifs is 1. The van der Waals surface area contributed by atoms with Crippen LogP contribution in [0.25, 0.3) is 0 Å². The van der Waals surface area contributed by atoms with Gasteiger partial charge in [-0.2, -0.15) is 0 Å². The van der Waals surface area contributed by atoms with Crippen LogP contribution in [-0.4, -0.2) is 53.8 Å². The van der Waals surface area contributed by atoms with Crippen molar-refractivity contribution in [2.24, 2.45) is 10.8 Å². The summed E-state index contributed by atoms with van der Waals surface area (Å²) >= 11 is 0. The van der Waals surface area contributed by atoms with Crippen LogP contribution in [0, 0.1) is 10.8 Å². The number of Topliss-reactive ketones (excluding diaryl/α,β-unsaturated/α-hetero) is 1. The fourth-order valence-corrected chi connectivity index (χ4v) is 6.68. The Morgan fingerprint density at radius 1 is 0.833 bits per heavy atom. The molecule has 0 aromatic heterocycles. The van der Waals surface area contributed by atoms with Crippen LogP contribution in [-0.2, 0) is 16.1 Å². The highest BCUT2D eigenvalue weighted by atomic mass is 16.2. The molecule has 4 saturated heterocycles. The molecular formula is C25H27N3O2. The zero-order valence-electron chi connectivity index (χ0n) is 17.5. The largest absolute Gasteiger partial charge is 0.307 e. The molecule has 5 aliphatic rings. The minimum absolute atomic E-state index is 0.0358. The summed E-state index contributed by atoms with van der Waals surface area (Å²) in [5.41, 5.74) is 2.66. The fourth-order valence-electron chi connectivity index (χ4n) is 6.68. The van der Waals surface area contributed by atoms with Crippen LogP contribution < -0.4 is 4.90 Å². The first-order valence-electron chi connectivity index (χ1n) is 10.9. The molecule has 0 radical (unpaired) electrons. The van der Waals surface area contributed by atoms with Gasteiger partial charge in [0.25, 0.3) is 0 Å². The number of nitrogens with zero attached hydrogens (tertiary/aromatic N) is 3. The van der Waals surface area contributed by atoms with E-state index in [0.717, 1.165) is 43.0 Å². The van der Waals surface area contributed by atoms with E-state index in [0.29, 0.717) is 12.3 Å². The summed E-state index contributed by atoms with van der Waals surface area (Å²) in [6.45, 7) is 7.83. The van der Waals surface area contributed by atoms with Crippen molar-refractivity contribution in [3.05, 3.63) is 65.7 Å². The Bertz CT molecular complexity index is 1010. The summed E-state index contributed by atoms with van der Waals surface area (Å²) in [7, 11) is 0. The van der Waals surface area contributed by atoms with Gasteiger partial charge in [0, 0.05) is 31.9 Å². The molecule has 1 unspecified atom stereocenters. The van der Waals surface area contributed by atoms with Gasteiger partial charge in [0.15, 0.2) is 0 Å². The topological polar surface area (TPSA) is 43.9 Å². The molecule has 0 N–H and O–H groups in total. The lowest BCUT2D eigenvalue weighted by molar-refractivity contribution is -0.198. The number of carbonyl (C=O) groups excluding carboxylic acids is 2. The molecule has 2 aromatic rings. The van der Waals surface area contributed by atoms with Gasteiger partial charge in [-0.15, -0.1) is 0 Å². The molecule has 4 fully saturated rings. The molecule has 154 valence electrons. The van der Waals surface area contributed by atoms with Gasteiger partial charge in [0.1, 0.15) is 5.78 Å². The minimum Gasteiger partial charge on any atom is -0.307 e. The third-order valence-corrected chi connectivity index (χ3v) is 7.63. The van der Waals surface area contributed by atoms with Crippen LogP contribution >= 0.6 is 0 Å². The van der Waals surface area contributed by atoms with E-state index < -0.39 is 0 Å². The first-order chi connectivity index (χ1) is 14.4. The number of para-hydroxylation sites is 1. The number of hydrogen-bond acceptors (Lipinski definition) is 4. The summed E-state index contributed by atoms with van der Waals surface area (Å²) in [5.74, 6) is 0.385. The summed E-state index contributed by atoms with van der Waals surface area (Å²) in [6.07, 6.45) is 0.0358. The molecule has 4 bridgehead atoms. The predicted octanol–water partition coefficient (Wildman–Crippen LogP) is 2.87. The summed E-state index contributed by atoms with van der Waals surface area (Å²) < 4.78 is 0. The van der Waals surface area contributed by atoms with E-state index in [1.807, 2.05) is 35.2 Å². The standard InChI is InChI=1S/C25H27N3O2/c1-24-13-26-15-25(2,23(24)30)16-27(14-24)21(26)20-18-10-6-7-11-19(18)28(22(20)29)12-17-8-4-3-5-9-17/h3-11,20-21H,12-16H2,1-2H3. The maximum Gasteiger partial charge on any atom is 0.237 e. The highest BCUT2D eigenvalue weighted by Crippen LogP contribution is 2.52. The molecular weight excluding hydrogens is 374 g/mol. The predicted molar refractivity (Wildman–Crippen MR) is 115 cm³/mol. The summed E-state index contributed by atoms with van der Waals surface area (Å²) in [4.78, 5) is 33.6. The quantitative estimate of drug-likeness (QED) is 0.793. The Hall–Kier alpha value is -2.50. The van der Waals surface area contributed by atoms with E-state index in [2.05, 4.69) is 47.9 Å². The molecule has 30 heavy (non-hydrogen) atoms. The molecule has 1 amide bonds. The van der Waals surface area contributed by atoms with Crippen molar-refractivity contribution in [2.75, 3.05) is 31.1 Å². The van der Waals surface area contributed by atoms with Gasteiger partial charge in [0.05, 0.1) is 29.5 Å². The lowest BCUT2D eigenvalue weighted by atomic mass is 9.61. The van der Waals surface area contributed by atoms with Gasteiger partial charge in [-0.25, -0.2) is 0 Å². The molecule has 5 heterocycles. The molecule has 0 spiro atoms. The van der Waals surface area contributed by atoms with Gasteiger partial charge >= 0.3 is 0 Å².